The zero-order valence-electron chi connectivity index (χ0n) is 10.2. The highest BCUT2D eigenvalue weighted by molar-refractivity contribution is 5.82. The van der Waals surface area contributed by atoms with Crippen LogP contribution < -0.4 is 11.5 Å². The Bertz CT molecular complexity index is 575. The number of non-ortho nitro benzene ring substituents is 1. The normalized spacial score (nSPS) is 13.5. The second-order valence-corrected chi connectivity index (χ2v) is 4.03. The van der Waals surface area contributed by atoms with Gasteiger partial charge < -0.3 is 16.6 Å². The first-order valence-electron chi connectivity index (χ1n) is 5.39. The van der Waals surface area contributed by atoms with E-state index in [2.05, 4.69) is 0 Å². The summed E-state index contributed by atoms with van der Waals surface area (Å²) in [7, 11) is 0. The molecule has 0 bridgehead atoms. The van der Waals surface area contributed by atoms with Crippen LogP contribution in [0.3, 0.4) is 0 Å². The number of hydrogen-bond acceptors (Lipinski definition) is 7. The molecule has 0 heterocycles. The summed E-state index contributed by atoms with van der Waals surface area (Å²) in [6, 6.07) is 2.61. The highest BCUT2D eigenvalue weighted by atomic mass is 16.6. The summed E-state index contributed by atoms with van der Waals surface area (Å²) in [6.07, 6.45) is -0.249. The lowest BCUT2D eigenvalue weighted by Gasteiger charge is -2.24. The van der Waals surface area contributed by atoms with Crippen LogP contribution in [0.25, 0.3) is 0 Å². The van der Waals surface area contributed by atoms with Crippen LogP contribution in [0.2, 0.25) is 0 Å². The summed E-state index contributed by atoms with van der Waals surface area (Å²) >= 11 is 0. The Balaban J connectivity index is 3.54. The van der Waals surface area contributed by atoms with Gasteiger partial charge in [0.15, 0.2) is 0 Å². The van der Waals surface area contributed by atoms with Crippen molar-refractivity contribution in [1.82, 2.24) is 0 Å². The van der Waals surface area contributed by atoms with E-state index >= 15 is 0 Å². The summed E-state index contributed by atoms with van der Waals surface area (Å²) in [4.78, 5) is 31.1. The summed E-state index contributed by atoms with van der Waals surface area (Å²) in [6.45, 7) is -0.114. The molecule has 10 heteroatoms. The number of rotatable bonds is 6. The summed E-state index contributed by atoms with van der Waals surface area (Å²) in [5.41, 5.74) is 7.30. The smallest absolute Gasteiger partial charge is 0.328 e. The largest absolute Gasteiger partial charge is 0.480 e. The number of nitrogens with zero attached hydrogens (tertiary/aromatic N) is 2. The van der Waals surface area contributed by atoms with Gasteiger partial charge in [-0.1, -0.05) is 0 Å². The SMILES string of the molecule is NCCC(N)(C(=O)O)c1ccc([N+](=O)[O-])cc1[N+](=O)[O-]. The summed E-state index contributed by atoms with van der Waals surface area (Å²) in [5, 5.41) is 30.7. The standard InChI is InChI=1S/C10H12N4O6/c11-4-3-10(12,9(15)16)7-2-1-6(13(17)18)5-8(7)14(19)20/h1-2,5H,3-4,11-12H2,(H,15,16). The molecular formula is C10H12N4O6. The van der Waals surface area contributed by atoms with Crippen molar-refractivity contribution in [3.63, 3.8) is 0 Å². The highest BCUT2D eigenvalue weighted by Crippen LogP contribution is 2.33. The maximum absolute atomic E-state index is 11.3. The molecule has 10 nitrogen and oxygen atoms in total. The van der Waals surface area contributed by atoms with E-state index in [1.165, 1.54) is 0 Å². The van der Waals surface area contributed by atoms with Gasteiger partial charge in [0.05, 0.1) is 21.5 Å². The molecule has 0 aromatic heterocycles. The molecule has 1 unspecified atom stereocenters. The predicted molar refractivity (Wildman–Crippen MR) is 66.9 cm³/mol. The number of nitrogens with two attached hydrogens (primary N) is 2. The van der Waals surface area contributed by atoms with Crippen molar-refractivity contribution in [2.45, 2.75) is 12.0 Å². The molecule has 0 saturated carbocycles. The van der Waals surface area contributed by atoms with E-state index in [-0.39, 0.29) is 18.5 Å². The van der Waals surface area contributed by atoms with Gasteiger partial charge in [-0.2, -0.15) is 0 Å². The fourth-order valence-electron chi connectivity index (χ4n) is 1.75. The predicted octanol–water partition coefficient (Wildman–Crippen LogP) is 0.0904. The van der Waals surface area contributed by atoms with Gasteiger partial charge >= 0.3 is 5.97 Å². The molecule has 20 heavy (non-hydrogen) atoms. The third-order valence-corrected chi connectivity index (χ3v) is 2.79. The molecule has 0 radical (unpaired) electrons. The first-order chi connectivity index (χ1) is 9.24. The Hall–Kier alpha value is -2.59. The summed E-state index contributed by atoms with van der Waals surface area (Å²) in [5.74, 6) is -1.50. The quantitative estimate of drug-likeness (QED) is 0.486. The maximum Gasteiger partial charge on any atom is 0.328 e. The van der Waals surface area contributed by atoms with Gasteiger partial charge in [-0.25, -0.2) is 4.79 Å². The van der Waals surface area contributed by atoms with Crippen LogP contribution in [0.4, 0.5) is 11.4 Å². The van der Waals surface area contributed by atoms with Crippen molar-refractivity contribution >= 4 is 17.3 Å². The number of nitro benzene ring substituents is 2. The number of carboxylic acids is 1. The fraction of sp³-hybridized carbons (Fsp3) is 0.300. The molecule has 1 rings (SSSR count). The van der Waals surface area contributed by atoms with Gasteiger partial charge in [0.2, 0.25) is 0 Å². The van der Waals surface area contributed by atoms with Crippen molar-refractivity contribution in [3.05, 3.63) is 44.0 Å². The molecule has 5 N–H and O–H groups in total. The van der Waals surface area contributed by atoms with E-state index in [1.54, 1.807) is 0 Å². The van der Waals surface area contributed by atoms with Crippen LogP contribution in [0.5, 0.6) is 0 Å². The third-order valence-electron chi connectivity index (χ3n) is 2.79. The molecule has 0 aliphatic heterocycles. The van der Waals surface area contributed by atoms with Crippen molar-refractivity contribution < 1.29 is 19.7 Å². The van der Waals surface area contributed by atoms with Crippen molar-refractivity contribution in [3.8, 4) is 0 Å². The lowest BCUT2D eigenvalue weighted by Crippen LogP contribution is -2.46. The number of nitro groups is 2. The van der Waals surface area contributed by atoms with Gasteiger partial charge in [0, 0.05) is 6.07 Å². The number of carboxylic acid groups (broad SMARTS) is 1. The van der Waals surface area contributed by atoms with E-state index < -0.39 is 32.7 Å². The molecule has 1 aromatic rings. The molecule has 1 aromatic carbocycles. The van der Waals surface area contributed by atoms with Crippen LogP contribution in [-0.4, -0.2) is 27.5 Å². The van der Waals surface area contributed by atoms with Crippen LogP contribution in [-0.2, 0) is 10.3 Å². The third kappa shape index (κ3) is 2.70. The van der Waals surface area contributed by atoms with Gasteiger partial charge in [-0.05, 0) is 19.0 Å². The van der Waals surface area contributed by atoms with E-state index in [4.69, 9.17) is 16.6 Å². The minimum absolute atomic E-state index is 0.114. The molecule has 0 aliphatic rings. The average molecular weight is 284 g/mol. The first-order valence-corrected chi connectivity index (χ1v) is 5.39. The highest BCUT2D eigenvalue weighted by Gasteiger charge is 2.41. The zero-order valence-corrected chi connectivity index (χ0v) is 10.2. The lowest BCUT2D eigenvalue weighted by atomic mass is 9.86. The average Bonchev–Trinajstić information content (AvgIpc) is 2.37. The second kappa shape index (κ2) is 5.59. The van der Waals surface area contributed by atoms with Gasteiger partial charge in [0.25, 0.3) is 11.4 Å². The molecule has 108 valence electrons. The van der Waals surface area contributed by atoms with Crippen LogP contribution in [0, 0.1) is 20.2 Å². The number of carbonyl (C=O) groups is 1. The second-order valence-electron chi connectivity index (χ2n) is 4.03. The van der Waals surface area contributed by atoms with Crippen molar-refractivity contribution in [2.75, 3.05) is 6.54 Å². The van der Waals surface area contributed by atoms with Gasteiger partial charge in [-0.15, -0.1) is 0 Å². The Labute approximate surface area is 112 Å². The van der Waals surface area contributed by atoms with Crippen LogP contribution in [0.1, 0.15) is 12.0 Å². The number of benzene rings is 1. The van der Waals surface area contributed by atoms with E-state index in [0.717, 1.165) is 12.1 Å². The molecule has 0 amide bonds. The Kier molecular flexibility index (Phi) is 4.32. The Morgan fingerprint density at radius 1 is 1.30 bits per heavy atom. The van der Waals surface area contributed by atoms with E-state index in [0.29, 0.717) is 6.07 Å². The van der Waals surface area contributed by atoms with Gasteiger partial charge in [-0.3, -0.25) is 20.2 Å². The van der Waals surface area contributed by atoms with Crippen LogP contribution >= 0.6 is 0 Å². The van der Waals surface area contributed by atoms with Crippen molar-refractivity contribution in [2.24, 2.45) is 11.5 Å². The van der Waals surface area contributed by atoms with Crippen LogP contribution in [0.15, 0.2) is 18.2 Å². The van der Waals surface area contributed by atoms with Gasteiger partial charge in [0.1, 0.15) is 5.54 Å². The molecule has 0 saturated heterocycles. The number of aliphatic carboxylic acids is 1. The lowest BCUT2D eigenvalue weighted by molar-refractivity contribution is -0.394. The first kappa shape index (κ1) is 15.5. The van der Waals surface area contributed by atoms with Crippen molar-refractivity contribution in [1.29, 1.82) is 0 Å². The molecule has 1 atom stereocenters. The monoisotopic (exact) mass is 284 g/mol. The Morgan fingerprint density at radius 2 is 1.90 bits per heavy atom. The molecular weight excluding hydrogens is 272 g/mol. The maximum atomic E-state index is 11.3. The fourth-order valence-corrected chi connectivity index (χ4v) is 1.75. The minimum Gasteiger partial charge on any atom is -0.480 e. The number of hydrogen-bond donors (Lipinski definition) is 3. The topological polar surface area (TPSA) is 176 Å². The molecule has 0 fully saturated rings. The Morgan fingerprint density at radius 3 is 2.30 bits per heavy atom. The minimum atomic E-state index is -2.08. The molecule has 0 aliphatic carbocycles. The summed E-state index contributed by atoms with van der Waals surface area (Å²) < 4.78 is 0. The van der Waals surface area contributed by atoms with E-state index in [1.807, 2.05) is 0 Å². The van der Waals surface area contributed by atoms with E-state index in [9.17, 15) is 25.0 Å². The molecule has 0 spiro atoms. The zero-order chi connectivity index (χ0) is 15.5.